The zero-order chi connectivity index (χ0) is 19.3. The van der Waals surface area contributed by atoms with Crippen molar-refractivity contribution in [3.05, 3.63) is 58.9 Å². The molecule has 0 aliphatic carbocycles. The van der Waals surface area contributed by atoms with E-state index in [2.05, 4.69) is 22.5 Å². The monoisotopic (exact) mass is 439 g/mol. The number of pyridine rings is 1. The Labute approximate surface area is 185 Å². The normalized spacial score (nSPS) is 14.9. The van der Waals surface area contributed by atoms with Gasteiger partial charge in [0.15, 0.2) is 0 Å². The fraction of sp³-hybridized carbons (Fsp3) is 0.455. The lowest BCUT2D eigenvalue weighted by atomic mass is 9.81. The third-order valence-corrected chi connectivity index (χ3v) is 5.31. The van der Waals surface area contributed by atoms with Gasteiger partial charge in [0.05, 0.1) is 0 Å². The first-order valence-corrected chi connectivity index (χ1v) is 9.59. The van der Waals surface area contributed by atoms with Crippen molar-refractivity contribution < 1.29 is 9.53 Å². The minimum absolute atomic E-state index is 0. The zero-order valence-electron chi connectivity index (χ0n) is 17.3. The molecule has 160 valence electrons. The number of benzene rings is 1. The van der Waals surface area contributed by atoms with E-state index < -0.39 is 0 Å². The van der Waals surface area contributed by atoms with E-state index in [-0.39, 0.29) is 36.1 Å². The van der Waals surface area contributed by atoms with Gasteiger partial charge in [0.1, 0.15) is 12.4 Å². The molecule has 5 nitrogen and oxygen atoms in total. The van der Waals surface area contributed by atoms with Crippen molar-refractivity contribution >= 4 is 30.7 Å². The molecule has 1 fully saturated rings. The van der Waals surface area contributed by atoms with Crippen LogP contribution < -0.4 is 15.4 Å². The Bertz CT molecular complexity index is 771. The summed E-state index contributed by atoms with van der Waals surface area (Å²) in [4.78, 5) is 16.8. The van der Waals surface area contributed by atoms with Crippen LogP contribution in [0.5, 0.6) is 5.75 Å². The number of nitrogens with one attached hydrogen (secondary N) is 2. The molecule has 0 atom stereocenters. The smallest absolute Gasteiger partial charge is 0.251 e. The summed E-state index contributed by atoms with van der Waals surface area (Å²) in [6, 6.07) is 7.70. The minimum Gasteiger partial charge on any atom is -0.488 e. The van der Waals surface area contributed by atoms with Gasteiger partial charge in [-0.3, -0.25) is 9.78 Å². The highest BCUT2D eigenvalue weighted by Crippen LogP contribution is 2.28. The van der Waals surface area contributed by atoms with Crippen molar-refractivity contribution in [2.24, 2.45) is 5.41 Å². The van der Waals surface area contributed by atoms with E-state index in [0.717, 1.165) is 48.4 Å². The Kier molecular flexibility index (Phi) is 9.90. The van der Waals surface area contributed by atoms with E-state index in [0.29, 0.717) is 18.7 Å². The summed E-state index contributed by atoms with van der Waals surface area (Å²) in [6.07, 6.45) is 5.73. The third kappa shape index (κ3) is 6.88. The summed E-state index contributed by atoms with van der Waals surface area (Å²) >= 11 is 0. The Hall–Kier alpha value is -1.82. The van der Waals surface area contributed by atoms with Crippen LogP contribution in [0.1, 0.15) is 46.8 Å². The van der Waals surface area contributed by atoms with Crippen LogP contribution in [0.3, 0.4) is 0 Å². The lowest BCUT2D eigenvalue weighted by Gasteiger charge is -2.34. The van der Waals surface area contributed by atoms with Crippen LogP contribution in [0.2, 0.25) is 0 Å². The van der Waals surface area contributed by atoms with Gasteiger partial charge < -0.3 is 15.4 Å². The molecule has 1 amide bonds. The topological polar surface area (TPSA) is 63.2 Å². The van der Waals surface area contributed by atoms with Crippen molar-refractivity contribution in [3.8, 4) is 5.75 Å². The van der Waals surface area contributed by atoms with Crippen molar-refractivity contribution in [3.63, 3.8) is 0 Å². The molecule has 0 spiro atoms. The Balaban J connectivity index is 0.00000210. The summed E-state index contributed by atoms with van der Waals surface area (Å²) in [7, 11) is 0. The molecular weight excluding hydrogens is 409 g/mol. The molecule has 2 N–H and O–H groups in total. The molecular formula is C22H31Cl2N3O2. The number of hydrogen-bond donors (Lipinski definition) is 2. The fourth-order valence-corrected chi connectivity index (χ4v) is 3.55. The van der Waals surface area contributed by atoms with E-state index >= 15 is 0 Å². The predicted molar refractivity (Wildman–Crippen MR) is 122 cm³/mol. The first kappa shape index (κ1) is 25.2. The van der Waals surface area contributed by atoms with Gasteiger partial charge >= 0.3 is 0 Å². The standard InChI is InChI=1S/C22H29N3O2.2ClH/c1-16-11-19(21(26)25-15-22(3)6-9-23-10-7-22)12-17(2)20(16)27-14-18-5-4-8-24-13-18;;/h4-5,8,11-13,23H,6-7,9-10,14-15H2,1-3H3,(H,25,26);2*1H. The molecule has 0 unspecified atom stereocenters. The van der Waals surface area contributed by atoms with E-state index in [1.54, 1.807) is 12.4 Å². The van der Waals surface area contributed by atoms with E-state index in [4.69, 9.17) is 4.74 Å². The molecule has 1 aliphatic heterocycles. The van der Waals surface area contributed by atoms with Gasteiger partial charge in [-0.1, -0.05) is 13.0 Å². The largest absolute Gasteiger partial charge is 0.488 e. The first-order chi connectivity index (χ1) is 13.0. The van der Waals surface area contributed by atoms with Crippen LogP contribution in [0.4, 0.5) is 0 Å². The van der Waals surface area contributed by atoms with Gasteiger partial charge in [-0.25, -0.2) is 0 Å². The third-order valence-electron chi connectivity index (χ3n) is 5.31. The quantitative estimate of drug-likeness (QED) is 0.706. The first-order valence-electron chi connectivity index (χ1n) is 9.59. The van der Waals surface area contributed by atoms with Crippen molar-refractivity contribution in [2.75, 3.05) is 19.6 Å². The fourth-order valence-electron chi connectivity index (χ4n) is 3.55. The van der Waals surface area contributed by atoms with Gasteiger partial charge in [0.25, 0.3) is 5.91 Å². The lowest BCUT2D eigenvalue weighted by molar-refractivity contribution is 0.0922. The van der Waals surface area contributed by atoms with Gasteiger partial charge in [-0.2, -0.15) is 0 Å². The number of carbonyl (C=O) groups is 1. The summed E-state index contributed by atoms with van der Waals surface area (Å²) in [5, 5.41) is 6.50. The number of ether oxygens (including phenoxy) is 1. The zero-order valence-corrected chi connectivity index (χ0v) is 18.9. The molecule has 1 saturated heterocycles. The maximum absolute atomic E-state index is 12.6. The number of amides is 1. The summed E-state index contributed by atoms with van der Waals surface area (Å²) in [6.45, 7) is 9.44. The van der Waals surface area contributed by atoms with Crippen LogP contribution in [0, 0.1) is 19.3 Å². The van der Waals surface area contributed by atoms with Crippen molar-refractivity contribution in [1.82, 2.24) is 15.6 Å². The van der Waals surface area contributed by atoms with Crippen LogP contribution in [0.15, 0.2) is 36.7 Å². The predicted octanol–water partition coefficient (Wildman–Crippen LogP) is 4.24. The molecule has 1 aromatic heterocycles. The Morgan fingerprint density at radius 1 is 1.21 bits per heavy atom. The second-order valence-corrected chi connectivity index (χ2v) is 7.83. The number of carbonyl (C=O) groups excluding carboxylic acids is 1. The Morgan fingerprint density at radius 2 is 1.86 bits per heavy atom. The molecule has 1 aliphatic rings. The highest BCUT2D eigenvalue weighted by atomic mass is 35.5. The molecule has 0 radical (unpaired) electrons. The van der Waals surface area contributed by atoms with Crippen molar-refractivity contribution in [2.45, 2.75) is 40.2 Å². The van der Waals surface area contributed by atoms with E-state index in [1.807, 2.05) is 38.1 Å². The molecule has 29 heavy (non-hydrogen) atoms. The van der Waals surface area contributed by atoms with Gasteiger partial charge in [0.2, 0.25) is 0 Å². The van der Waals surface area contributed by atoms with E-state index in [9.17, 15) is 4.79 Å². The number of rotatable bonds is 6. The molecule has 3 rings (SSSR count). The molecule has 7 heteroatoms. The maximum Gasteiger partial charge on any atom is 0.251 e. The molecule has 2 heterocycles. The summed E-state index contributed by atoms with van der Waals surface area (Å²) < 4.78 is 5.98. The van der Waals surface area contributed by atoms with Gasteiger partial charge in [-0.05, 0) is 74.5 Å². The lowest BCUT2D eigenvalue weighted by Crippen LogP contribution is -2.42. The average Bonchev–Trinajstić information content (AvgIpc) is 2.67. The van der Waals surface area contributed by atoms with Crippen LogP contribution >= 0.6 is 24.8 Å². The van der Waals surface area contributed by atoms with E-state index in [1.165, 1.54) is 0 Å². The molecule has 1 aromatic carbocycles. The minimum atomic E-state index is -0.0141. The molecule has 2 aromatic rings. The SMILES string of the molecule is Cc1cc(C(=O)NCC2(C)CCNCC2)cc(C)c1OCc1cccnc1.Cl.Cl. The van der Waals surface area contributed by atoms with Gasteiger partial charge in [0, 0.05) is 30.1 Å². The van der Waals surface area contributed by atoms with Crippen molar-refractivity contribution in [1.29, 1.82) is 0 Å². The summed E-state index contributed by atoms with van der Waals surface area (Å²) in [5.41, 5.74) is 3.83. The maximum atomic E-state index is 12.6. The average molecular weight is 440 g/mol. The number of hydrogen-bond acceptors (Lipinski definition) is 4. The number of piperidine rings is 1. The van der Waals surface area contributed by atoms with Crippen LogP contribution in [-0.4, -0.2) is 30.5 Å². The molecule has 0 saturated carbocycles. The Morgan fingerprint density at radius 3 is 2.45 bits per heavy atom. The highest BCUT2D eigenvalue weighted by Gasteiger charge is 2.27. The highest BCUT2D eigenvalue weighted by molar-refractivity contribution is 5.95. The van der Waals surface area contributed by atoms with Crippen LogP contribution in [0.25, 0.3) is 0 Å². The number of halogens is 2. The number of nitrogens with zero attached hydrogens (tertiary/aromatic N) is 1. The number of aryl methyl sites for hydroxylation is 2. The molecule has 0 bridgehead atoms. The second kappa shape index (κ2) is 11.4. The summed E-state index contributed by atoms with van der Waals surface area (Å²) in [5.74, 6) is 0.820. The van der Waals surface area contributed by atoms with Gasteiger partial charge in [-0.15, -0.1) is 24.8 Å². The number of aromatic nitrogens is 1. The van der Waals surface area contributed by atoms with Crippen LogP contribution in [-0.2, 0) is 6.61 Å². The second-order valence-electron chi connectivity index (χ2n) is 7.83.